The van der Waals surface area contributed by atoms with Gasteiger partial charge in [-0.1, -0.05) is 60.5 Å². The predicted molar refractivity (Wildman–Crippen MR) is 136 cm³/mol. The van der Waals surface area contributed by atoms with Crippen LogP contribution in [0.25, 0.3) is 11.4 Å². The lowest BCUT2D eigenvalue weighted by Crippen LogP contribution is -2.31. The monoisotopic (exact) mass is 497 g/mol. The van der Waals surface area contributed by atoms with Gasteiger partial charge in [0.1, 0.15) is 0 Å². The lowest BCUT2D eigenvalue weighted by Gasteiger charge is -2.17. The molecular weight excluding hydrogens is 470 g/mol. The summed E-state index contributed by atoms with van der Waals surface area (Å²) in [7, 11) is 0. The fourth-order valence-electron chi connectivity index (χ4n) is 4.14. The van der Waals surface area contributed by atoms with Crippen LogP contribution >= 0.6 is 23.4 Å². The first-order chi connectivity index (χ1) is 16.4. The number of halogens is 1. The summed E-state index contributed by atoms with van der Waals surface area (Å²) in [5, 5.41) is 15.9. The van der Waals surface area contributed by atoms with Gasteiger partial charge in [-0.3, -0.25) is 14.2 Å². The first-order valence-corrected chi connectivity index (χ1v) is 12.8. The van der Waals surface area contributed by atoms with Crippen molar-refractivity contribution in [2.24, 2.45) is 0 Å². The summed E-state index contributed by atoms with van der Waals surface area (Å²) in [6.07, 6.45) is 4.41. The van der Waals surface area contributed by atoms with Crippen LogP contribution in [-0.2, 0) is 4.79 Å². The van der Waals surface area contributed by atoms with E-state index in [9.17, 15) is 9.59 Å². The van der Waals surface area contributed by atoms with Gasteiger partial charge in [-0.2, -0.15) is 0 Å². The summed E-state index contributed by atoms with van der Waals surface area (Å²) in [6.45, 7) is 3.79. The molecule has 0 spiro atoms. The summed E-state index contributed by atoms with van der Waals surface area (Å²) in [4.78, 5) is 25.3. The third-order valence-corrected chi connectivity index (χ3v) is 6.94. The van der Waals surface area contributed by atoms with E-state index in [1.54, 1.807) is 24.3 Å². The molecule has 1 aliphatic rings. The molecule has 0 unspecified atom stereocenters. The van der Waals surface area contributed by atoms with Crippen LogP contribution in [-0.4, -0.2) is 38.4 Å². The van der Waals surface area contributed by atoms with Crippen LogP contribution in [0.2, 0.25) is 5.02 Å². The lowest BCUT2D eigenvalue weighted by molar-refractivity contribution is -0.113. The second kappa shape index (κ2) is 11.1. The quantitative estimate of drug-likeness (QED) is 0.396. The number of carbonyl (C=O) groups is 2. The molecule has 1 fully saturated rings. The summed E-state index contributed by atoms with van der Waals surface area (Å²) >= 11 is 7.79. The van der Waals surface area contributed by atoms with Gasteiger partial charge in [0.25, 0.3) is 5.91 Å². The molecule has 0 radical (unpaired) electrons. The fourth-order valence-corrected chi connectivity index (χ4v) is 5.17. The van der Waals surface area contributed by atoms with E-state index in [-0.39, 0.29) is 29.7 Å². The Bertz CT molecular complexity index is 1170. The van der Waals surface area contributed by atoms with Gasteiger partial charge < -0.3 is 10.6 Å². The Balaban J connectivity index is 1.51. The van der Waals surface area contributed by atoms with Crippen LogP contribution in [0, 0.1) is 0 Å². The number of rotatable bonds is 8. The molecule has 1 heterocycles. The van der Waals surface area contributed by atoms with Gasteiger partial charge in [-0.25, -0.2) is 0 Å². The molecule has 3 aromatic rings. The standard InChI is InChI=1S/C25H28ClN5O2S/c1-16(2)27-24(33)19-12-6-8-14-21(19)28-22(32)15-34-25-30-29-23(18-11-5-7-13-20(18)26)31(25)17-9-3-4-10-17/h5-8,11-14,16-17H,3-4,9-10,15H2,1-2H3,(H,27,33)(H,28,32). The molecule has 1 aromatic heterocycles. The van der Waals surface area contributed by atoms with Gasteiger partial charge in [0.05, 0.1) is 22.0 Å². The SMILES string of the molecule is CC(C)NC(=O)c1ccccc1NC(=O)CSc1nnc(-c2ccccc2Cl)n1C1CCCC1. The Morgan fingerprint density at radius 2 is 1.79 bits per heavy atom. The molecule has 2 N–H and O–H groups in total. The zero-order chi connectivity index (χ0) is 24.1. The average Bonchev–Trinajstić information content (AvgIpc) is 3.47. The number of hydrogen-bond donors (Lipinski definition) is 2. The van der Waals surface area contributed by atoms with Crippen molar-refractivity contribution in [3.63, 3.8) is 0 Å². The fraction of sp³-hybridized carbons (Fsp3) is 0.360. The van der Waals surface area contributed by atoms with E-state index in [1.807, 2.05) is 38.1 Å². The number of aromatic nitrogens is 3. The average molecular weight is 498 g/mol. The second-order valence-electron chi connectivity index (χ2n) is 8.60. The Kier molecular flexibility index (Phi) is 7.90. The smallest absolute Gasteiger partial charge is 0.253 e. The van der Waals surface area contributed by atoms with Crippen LogP contribution in [0.15, 0.2) is 53.7 Å². The molecule has 0 bridgehead atoms. The summed E-state index contributed by atoms with van der Waals surface area (Å²) < 4.78 is 2.14. The van der Waals surface area contributed by atoms with Crippen LogP contribution in [0.4, 0.5) is 5.69 Å². The number of carbonyl (C=O) groups excluding carboxylic acids is 2. The Morgan fingerprint density at radius 3 is 2.53 bits per heavy atom. The van der Waals surface area contributed by atoms with E-state index < -0.39 is 0 Å². The zero-order valence-corrected chi connectivity index (χ0v) is 20.8. The molecule has 178 valence electrons. The zero-order valence-electron chi connectivity index (χ0n) is 19.3. The number of hydrogen-bond acceptors (Lipinski definition) is 5. The number of para-hydroxylation sites is 1. The highest BCUT2D eigenvalue weighted by Gasteiger charge is 2.26. The number of amides is 2. The molecule has 0 saturated heterocycles. The Morgan fingerprint density at radius 1 is 1.09 bits per heavy atom. The lowest BCUT2D eigenvalue weighted by atomic mass is 10.1. The number of benzene rings is 2. The van der Waals surface area contributed by atoms with Crippen molar-refractivity contribution in [2.75, 3.05) is 11.1 Å². The van der Waals surface area contributed by atoms with E-state index in [0.717, 1.165) is 37.1 Å². The van der Waals surface area contributed by atoms with Gasteiger partial charge in [-0.15, -0.1) is 10.2 Å². The molecule has 4 rings (SSSR count). The van der Waals surface area contributed by atoms with Crippen molar-refractivity contribution in [1.82, 2.24) is 20.1 Å². The minimum atomic E-state index is -0.219. The van der Waals surface area contributed by atoms with E-state index in [2.05, 4.69) is 25.4 Å². The first kappa shape index (κ1) is 24.3. The summed E-state index contributed by atoms with van der Waals surface area (Å²) in [6, 6.07) is 14.9. The molecule has 0 atom stereocenters. The molecule has 2 aromatic carbocycles. The van der Waals surface area contributed by atoms with Crippen LogP contribution in [0.5, 0.6) is 0 Å². The van der Waals surface area contributed by atoms with Crippen LogP contribution in [0.1, 0.15) is 55.9 Å². The maximum atomic E-state index is 12.8. The van der Waals surface area contributed by atoms with E-state index in [1.165, 1.54) is 11.8 Å². The van der Waals surface area contributed by atoms with Gasteiger partial charge in [0, 0.05) is 17.6 Å². The number of nitrogens with zero attached hydrogens (tertiary/aromatic N) is 3. The van der Waals surface area contributed by atoms with E-state index in [0.29, 0.717) is 21.4 Å². The number of nitrogens with one attached hydrogen (secondary N) is 2. The van der Waals surface area contributed by atoms with Crippen molar-refractivity contribution >= 4 is 40.9 Å². The van der Waals surface area contributed by atoms with Crippen molar-refractivity contribution < 1.29 is 9.59 Å². The molecule has 0 aliphatic heterocycles. The maximum absolute atomic E-state index is 12.8. The minimum absolute atomic E-state index is 0.000996. The van der Waals surface area contributed by atoms with Crippen molar-refractivity contribution in [3.05, 3.63) is 59.1 Å². The van der Waals surface area contributed by atoms with Gasteiger partial charge >= 0.3 is 0 Å². The summed E-state index contributed by atoms with van der Waals surface area (Å²) in [5.74, 6) is 0.447. The van der Waals surface area contributed by atoms with Crippen molar-refractivity contribution in [1.29, 1.82) is 0 Å². The second-order valence-corrected chi connectivity index (χ2v) is 9.95. The number of anilines is 1. The van der Waals surface area contributed by atoms with E-state index in [4.69, 9.17) is 11.6 Å². The molecule has 9 heteroatoms. The predicted octanol–water partition coefficient (Wildman–Crippen LogP) is 5.58. The van der Waals surface area contributed by atoms with E-state index >= 15 is 0 Å². The molecule has 1 aliphatic carbocycles. The molecule has 7 nitrogen and oxygen atoms in total. The topological polar surface area (TPSA) is 88.9 Å². The highest BCUT2D eigenvalue weighted by Crippen LogP contribution is 2.38. The molecule has 1 saturated carbocycles. The Labute approximate surface area is 208 Å². The highest BCUT2D eigenvalue weighted by molar-refractivity contribution is 7.99. The third-order valence-electron chi connectivity index (χ3n) is 5.67. The Hall–Kier alpha value is -2.84. The van der Waals surface area contributed by atoms with Crippen molar-refractivity contribution in [3.8, 4) is 11.4 Å². The minimum Gasteiger partial charge on any atom is -0.350 e. The van der Waals surface area contributed by atoms with Gasteiger partial charge in [-0.05, 0) is 51.0 Å². The highest BCUT2D eigenvalue weighted by atomic mass is 35.5. The summed E-state index contributed by atoms with van der Waals surface area (Å²) in [5.41, 5.74) is 1.76. The van der Waals surface area contributed by atoms with Gasteiger partial charge in [0.15, 0.2) is 11.0 Å². The van der Waals surface area contributed by atoms with Gasteiger partial charge in [0.2, 0.25) is 5.91 Å². The van der Waals surface area contributed by atoms with Crippen LogP contribution in [0.3, 0.4) is 0 Å². The normalized spacial score (nSPS) is 13.9. The molecule has 34 heavy (non-hydrogen) atoms. The number of thioether (sulfide) groups is 1. The largest absolute Gasteiger partial charge is 0.350 e. The molecular formula is C25H28ClN5O2S. The third kappa shape index (κ3) is 5.62. The van der Waals surface area contributed by atoms with Crippen molar-refractivity contribution in [2.45, 2.75) is 56.8 Å². The first-order valence-electron chi connectivity index (χ1n) is 11.5. The van der Waals surface area contributed by atoms with Crippen LogP contribution < -0.4 is 10.6 Å². The molecule has 2 amide bonds. The maximum Gasteiger partial charge on any atom is 0.253 e.